The fraction of sp³-hybridized carbons (Fsp3) is 0.429. The molecule has 2 aromatic rings. The van der Waals surface area contributed by atoms with Gasteiger partial charge in [-0.25, -0.2) is 0 Å². The predicted molar refractivity (Wildman–Crippen MR) is 75.5 cm³/mol. The van der Waals surface area contributed by atoms with Crippen molar-refractivity contribution in [1.29, 1.82) is 5.26 Å². The first-order valence-corrected chi connectivity index (χ1v) is 6.83. The minimum atomic E-state index is 0.276. The third-order valence-electron chi connectivity index (χ3n) is 3.90. The van der Waals surface area contributed by atoms with Gasteiger partial charge in [-0.3, -0.25) is 0 Å². The molecule has 5 heteroatoms. The number of aromatic amines is 1. The number of nitrogens with one attached hydrogen (secondary N) is 1. The molecule has 2 atom stereocenters. The number of benzene rings is 1. The van der Waals surface area contributed by atoms with Crippen LogP contribution in [-0.4, -0.2) is 22.8 Å². The van der Waals surface area contributed by atoms with Crippen LogP contribution in [0.4, 0.5) is 0 Å². The van der Waals surface area contributed by atoms with Gasteiger partial charge in [-0.15, -0.1) is 0 Å². The maximum Gasteiger partial charge on any atom is 0.178 e. The monoisotopic (exact) mass is 273 g/mol. The molecule has 1 saturated heterocycles. The number of aromatic nitrogens is 2. The van der Waals surface area contributed by atoms with Gasteiger partial charge in [0.2, 0.25) is 0 Å². The second-order valence-corrected chi connectivity index (χ2v) is 5.39. The van der Waals surface area contributed by atoms with Crippen LogP contribution in [0.1, 0.15) is 24.9 Å². The number of nitriles is 1. The molecule has 2 heterocycles. The molecule has 19 heavy (non-hydrogen) atoms. The highest BCUT2D eigenvalue weighted by molar-refractivity contribution is 7.71. The third kappa shape index (κ3) is 2.07. The summed E-state index contributed by atoms with van der Waals surface area (Å²) >= 11 is 5.43. The largest absolute Gasteiger partial charge is 0.381 e. The van der Waals surface area contributed by atoms with E-state index >= 15 is 0 Å². The molecule has 0 aliphatic carbocycles. The van der Waals surface area contributed by atoms with Crippen molar-refractivity contribution >= 4 is 23.3 Å². The van der Waals surface area contributed by atoms with Crippen molar-refractivity contribution in [2.45, 2.75) is 19.4 Å². The lowest BCUT2D eigenvalue weighted by Crippen LogP contribution is -2.16. The number of fused-ring (bicyclic) bond motifs is 1. The van der Waals surface area contributed by atoms with Crippen molar-refractivity contribution in [2.75, 3.05) is 13.2 Å². The van der Waals surface area contributed by atoms with Gasteiger partial charge in [-0.05, 0) is 43.8 Å². The summed E-state index contributed by atoms with van der Waals surface area (Å²) in [5.41, 5.74) is 2.64. The predicted octanol–water partition coefficient (Wildman–Crippen LogP) is 3.17. The summed E-state index contributed by atoms with van der Waals surface area (Å²) in [6.07, 6.45) is 1.06. The fourth-order valence-corrected chi connectivity index (χ4v) is 3.11. The van der Waals surface area contributed by atoms with E-state index in [0.29, 0.717) is 16.3 Å². The molecular formula is C14H15N3OS. The Bertz CT molecular complexity index is 704. The Kier molecular flexibility index (Phi) is 3.13. The van der Waals surface area contributed by atoms with Gasteiger partial charge in [0.05, 0.1) is 29.3 Å². The molecule has 0 saturated carbocycles. The summed E-state index contributed by atoms with van der Waals surface area (Å²) in [5, 5.41) is 9.03. The van der Waals surface area contributed by atoms with E-state index in [-0.39, 0.29) is 6.04 Å². The van der Waals surface area contributed by atoms with Crippen molar-refractivity contribution in [1.82, 2.24) is 9.55 Å². The number of hydrogen-bond donors (Lipinski definition) is 1. The molecule has 0 bridgehead atoms. The highest BCUT2D eigenvalue weighted by Gasteiger charge is 2.25. The molecule has 1 N–H and O–H groups in total. The van der Waals surface area contributed by atoms with Crippen LogP contribution in [0, 0.1) is 22.0 Å². The molecule has 0 radical (unpaired) electrons. The number of ether oxygens (including phenoxy) is 1. The van der Waals surface area contributed by atoms with Crippen molar-refractivity contribution < 1.29 is 4.74 Å². The molecule has 4 nitrogen and oxygen atoms in total. The lowest BCUT2D eigenvalue weighted by atomic mass is 10.0. The highest BCUT2D eigenvalue weighted by atomic mass is 32.1. The van der Waals surface area contributed by atoms with Gasteiger partial charge in [0, 0.05) is 18.6 Å². The number of H-pyrrole nitrogens is 1. The first kappa shape index (κ1) is 12.4. The van der Waals surface area contributed by atoms with E-state index in [4.69, 9.17) is 22.2 Å². The van der Waals surface area contributed by atoms with E-state index in [1.165, 1.54) is 0 Å². The van der Waals surface area contributed by atoms with Gasteiger partial charge >= 0.3 is 0 Å². The Labute approximate surface area is 116 Å². The zero-order valence-electron chi connectivity index (χ0n) is 10.7. The zero-order valence-corrected chi connectivity index (χ0v) is 11.5. The van der Waals surface area contributed by atoms with Gasteiger partial charge in [0.1, 0.15) is 0 Å². The lowest BCUT2D eigenvalue weighted by Gasteiger charge is -2.20. The van der Waals surface area contributed by atoms with Crippen molar-refractivity contribution in [3.63, 3.8) is 0 Å². The fourth-order valence-electron chi connectivity index (χ4n) is 2.74. The normalized spacial score (nSPS) is 20.5. The molecule has 1 aliphatic rings. The summed E-state index contributed by atoms with van der Waals surface area (Å²) in [7, 11) is 0. The van der Waals surface area contributed by atoms with Crippen molar-refractivity contribution in [2.24, 2.45) is 5.92 Å². The number of nitrogens with zero attached hydrogens (tertiary/aromatic N) is 2. The van der Waals surface area contributed by atoms with E-state index in [9.17, 15) is 0 Å². The van der Waals surface area contributed by atoms with E-state index in [2.05, 4.69) is 22.5 Å². The van der Waals surface area contributed by atoms with Crippen LogP contribution in [0.3, 0.4) is 0 Å². The first-order valence-electron chi connectivity index (χ1n) is 6.43. The highest BCUT2D eigenvalue weighted by Crippen LogP contribution is 2.29. The van der Waals surface area contributed by atoms with Crippen LogP contribution in [-0.2, 0) is 4.74 Å². The Hall–Kier alpha value is -1.64. The molecule has 0 spiro atoms. The molecule has 3 rings (SSSR count). The topological polar surface area (TPSA) is 53.7 Å². The summed E-state index contributed by atoms with van der Waals surface area (Å²) in [5.74, 6) is 0.483. The van der Waals surface area contributed by atoms with Crippen LogP contribution in [0.25, 0.3) is 11.0 Å². The molecule has 1 fully saturated rings. The maximum absolute atomic E-state index is 9.03. The van der Waals surface area contributed by atoms with E-state index in [0.717, 1.165) is 30.7 Å². The van der Waals surface area contributed by atoms with Crippen LogP contribution in [0.15, 0.2) is 18.2 Å². The summed E-state index contributed by atoms with van der Waals surface area (Å²) in [6.45, 7) is 3.78. The quantitative estimate of drug-likeness (QED) is 0.855. The Morgan fingerprint density at radius 1 is 1.58 bits per heavy atom. The SMILES string of the molecule is CC(C1CCOC1)n1c(=S)[nH]c2ccc(C#N)cc21. The van der Waals surface area contributed by atoms with E-state index in [1.54, 1.807) is 6.07 Å². The summed E-state index contributed by atoms with van der Waals surface area (Å²) in [6, 6.07) is 8.07. The second kappa shape index (κ2) is 4.80. The van der Waals surface area contributed by atoms with Crippen molar-refractivity contribution in [3.05, 3.63) is 28.5 Å². The van der Waals surface area contributed by atoms with Crippen LogP contribution in [0.2, 0.25) is 0 Å². The molecule has 0 amide bonds. The first-order chi connectivity index (χ1) is 9.20. The molecule has 1 aliphatic heterocycles. The lowest BCUT2D eigenvalue weighted by molar-refractivity contribution is 0.175. The Morgan fingerprint density at radius 3 is 3.11 bits per heavy atom. The van der Waals surface area contributed by atoms with Gasteiger partial charge in [-0.2, -0.15) is 5.26 Å². The standard InChI is InChI=1S/C14H15N3OS/c1-9(11-4-5-18-8-11)17-13-6-10(7-15)2-3-12(13)16-14(17)19/h2-3,6,9,11H,4-5,8H2,1H3,(H,16,19). The maximum atomic E-state index is 9.03. The molecule has 2 unspecified atom stereocenters. The Morgan fingerprint density at radius 2 is 2.42 bits per heavy atom. The average molecular weight is 273 g/mol. The summed E-state index contributed by atoms with van der Waals surface area (Å²) in [4.78, 5) is 3.21. The van der Waals surface area contributed by atoms with Crippen LogP contribution in [0.5, 0.6) is 0 Å². The minimum Gasteiger partial charge on any atom is -0.381 e. The summed E-state index contributed by atoms with van der Waals surface area (Å²) < 4.78 is 8.29. The van der Waals surface area contributed by atoms with Gasteiger partial charge in [-0.1, -0.05) is 0 Å². The minimum absolute atomic E-state index is 0.276. The molecule has 1 aromatic heterocycles. The molecule has 1 aromatic carbocycles. The van der Waals surface area contributed by atoms with Gasteiger partial charge in [0.15, 0.2) is 4.77 Å². The van der Waals surface area contributed by atoms with E-state index in [1.807, 2.05) is 12.1 Å². The number of imidazole rings is 1. The van der Waals surface area contributed by atoms with Gasteiger partial charge < -0.3 is 14.3 Å². The molecular weight excluding hydrogens is 258 g/mol. The van der Waals surface area contributed by atoms with Crippen LogP contribution < -0.4 is 0 Å². The second-order valence-electron chi connectivity index (χ2n) is 5.01. The van der Waals surface area contributed by atoms with Gasteiger partial charge in [0.25, 0.3) is 0 Å². The van der Waals surface area contributed by atoms with Crippen LogP contribution >= 0.6 is 12.2 Å². The molecule has 98 valence electrons. The zero-order chi connectivity index (χ0) is 13.4. The van der Waals surface area contributed by atoms with Crippen molar-refractivity contribution in [3.8, 4) is 6.07 Å². The Balaban J connectivity index is 2.13. The average Bonchev–Trinajstić information content (AvgIpc) is 3.03. The number of rotatable bonds is 2. The van der Waals surface area contributed by atoms with E-state index < -0.39 is 0 Å². The number of hydrogen-bond acceptors (Lipinski definition) is 3. The third-order valence-corrected chi connectivity index (χ3v) is 4.20. The smallest absolute Gasteiger partial charge is 0.178 e.